The van der Waals surface area contributed by atoms with Crippen LogP contribution in [-0.4, -0.2) is 26.3 Å². The van der Waals surface area contributed by atoms with Crippen molar-refractivity contribution in [2.45, 2.75) is 13.5 Å². The van der Waals surface area contributed by atoms with Crippen molar-refractivity contribution in [3.05, 3.63) is 52.5 Å². The highest BCUT2D eigenvalue weighted by atomic mass is 79.9. The molecule has 7 heteroatoms. The van der Waals surface area contributed by atoms with Crippen molar-refractivity contribution in [2.24, 2.45) is 0 Å². The van der Waals surface area contributed by atoms with E-state index in [-0.39, 0.29) is 19.2 Å². The number of ether oxygens (including phenoxy) is 3. The summed E-state index contributed by atoms with van der Waals surface area (Å²) in [6, 6.07) is 13.6. The maximum absolute atomic E-state index is 10.8. The summed E-state index contributed by atoms with van der Waals surface area (Å²) in [4.78, 5) is 10.8. The third-order valence-electron chi connectivity index (χ3n) is 3.26. The van der Waals surface area contributed by atoms with Crippen molar-refractivity contribution in [2.75, 3.05) is 25.7 Å². The van der Waals surface area contributed by atoms with Gasteiger partial charge in [0.05, 0.1) is 7.11 Å². The number of carbonyl (C=O) groups is 1. The molecule has 0 aromatic heterocycles. The minimum atomic E-state index is -0.330. The van der Waals surface area contributed by atoms with Crippen LogP contribution in [0.2, 0.25) is 0 Å². The average Bonchev–Trinajstić information content (AvgIpc) is 2.61. The van der Waals surface area contributed by atoms with Crippen LogP contribution in [0.5, 0.6) is 11.5 Å². The molecule has 0 aliphatic rings. The van der Waals surface area contributed by atoms with E-state index in [0.29, 0.717) is 18.0 Å². The Morgan fingerprint density at radius 1 is 1.12 bits per heavy atom. The predicted molar refractivity (Wildman–Crippen MR) is 99.7 cm³/mol. The molecular weight excluding hydrogens is 388 g/mol. The summed E-state index contributed by atoms with van der Waals surface area (Å²) in [5.74, 6) is 0.868. The van der Waals surface area contributed by atoms with Crippen molar-refractivity contribution in [1.82, 2.24) is 5.43 Å². The highest BCUT2D eigenvalue weighted by Crippen LogP contribution is 2.33. The van der Waals surface area contributed by atoms with Crippen LogP contribution >= 0.6 is 15.9 Å². The van der Waals surface area contributed by atoms with Crippen molar-refractivity contribution in [3.8, 4) is 11.5 Å². The molecule has 0 saturated carbocycles. The van der Waals surface area contributed by atoms with E-state index < -0.39 is 0 Å². The minimum absolute atomic E-state index is 0.195. The van der Waals surface area contributed by atoms with Gasteiger partial charge in [-0.2, -0.15) is 0 Å². The molecule has 0 saturated heterocycles. The van der Waals surface area contributed by atoms with Crippen molar-refractivity contribution < 1.29 is 19.0 Å². The molecule has 0 unspecified atom stereocenters. The highest BCUT2D eigenvalue weighted by molar-refractivity contribution is 9.10. The second-order valence-electron chi connectivity index (χ2n) is 5.13. The summed E-state index contributed by atoms with van der Waals surface area (Å²) in [5.41, 5.74) is 8.28. The lowest BCUT2D eigenvalue weighted by molar-refractivity contribution is -0.141. The Morgan fingerprint density at radius 2 is 1.88 bits per heavy atom. The SMILES string of the molecule is COc1cc(CNNc2ccccc2)c(Br)cc1OCCOC(C)=O. The predicted octanol–water partition coefficient (Wildman–Crippen LogP) is 3.52. The second-order valence-corrected chi connectivity index (χ2v) is 5.98. The lowest BCUT2D eigenvalue weighted by atomic mass is 10.2. The molecule has 2 aromatic rings. The Kier molecular flexibility index (Phi) is 7.56. The van der Waals surface area contributed by atoms with Crippen molar-refractivity contribution in [3.63, 3.8) is 0 Å². The van der Waals surface area contributed by atoms with Gasteiger partial charge < -0.3 is 19.6 Å². The Balaban J connectivity index is 1.94. The standard InChI is InChI=1S/C18H21BrN2O4/c1-13(22)24-8-9-25-18-11-16(19)14(10-17(18)23-2)12-20-21-15-6-4-3-5-7-15/h3-7,10-11,20-21H,8-9,12H2,1-2H3. The molecule has 0 radical (unpaired) electrons. The molecule has 0 spiro atoms. The molecule has 134 valence electrons. The van der Waals surface area contributed by atoms with E-state index in [1.807, 2.05) is 42.5 Å². The number of hydrogen-bond donors (Lipinski definition) is 2. The van der Waals surface area contributed by atoms with Crippen LogP contribution in [0.1, 0.15) is 12.5 Å². The third kappa shape index (κ3) is 6.28. The Bertz CT molecular complexity index is 695. The van der Waals surface area contributed by atoms with Gasteiger partial charge in [-0.15, -0.1) is 0 Å². The van der Waals surface area contributed by atoms with Gasteiger partial charge in [0.1, 0.15) is 13.2 Å². The summed E-state index contributed by atoms with van der Waals surface area (Å²) in [5, 5.41) is 0. The van der Waals surface area contributed by atoms with Gasteiger partial charge in [0.15, 0.2) is 11.5 Å². The summed E-state index contributed by atoms with van der Waals surface area (Å²) in [7, 11) is 1.58. The van der Waals surface area contributed by atoms with Gasteiger partial charge in [0.2, 0.25) is 0 Å². The lowest BCUT2D eigenvalue weighted by Crippen LogP contribution is -2.21. The second kappa shape index (κ2) is 9.90. The number of esters is 1. The van der Waals surface area contributed by atoms with Gasteiger partial charge in [-0.05, 0) is 29.8 Å². The number of carbonyl (C=O) groups excluding carboxylic acids is 1. The number of benzene rings is 2. The summed E-state index contributed by atoms with van der Waals surface area (Å²) in [6.07, 6.45) is 0. The van der Waals surface area contributed by atoms with Gasteiger partial charge in [-0.3, -0.25) is 4.79 Å². The number of hydrazine groups is 1. The number of nitrogens with one attached hydrogen (secondary N) is 2. The topological polar surface area (TPSA) is 68.8 Å². The fourth-order valence-electron chi connectivity index (χ4n) is 2.09. The van der Waals surface area contributed by atoms with Gasteiger partial charge >= 0.3 is 5.97 Å². The smallest absolute Gasteiger partial charge is 0.302 e. The van der Waals surface area contributed by atoms with Crippen LogP contribution in [0.4, 0.5) is 5.69 Å². The van der Waals surface area contributed by atoms with Gasteiger partial charge in [0, 0.05) is 23.6 Å². The van der Waals surface area contributed by atoms with Crippen LogP contribution in [0.25, 0.3) is 0 Å². The molecule has 0 atom stereocenters. The lowest BCUT2D eigenvalue weighted by Gasteiger charge is -2.15. The normalized spacial score (nSPS) is 10.2. The van der Waals surface area contributed by atoms with Crippen molar-refractivity contribution in [1.29, 1.82) is 0 Å². The summed E-state index contributed by atoms with van der Waals surface area (Å²) in [6.45, 7) is 2.40. The largest absolute Gasteiger partial charge is 0.493 e. The van der Waals surface area contributed by atoms with Crippen molar-refractivity contribution >= 4 is 27.6 Å². The first kappa shape index (κ1) is 19.1. The summed E-state index contributed by atoms with van der Waals surface area (Å²) >= 11 is 3.54. The van der Waals surface area contributed by atoms with E-state index in [1.165, 1.54) is 6.92 Å². The molecule has 0 aliphatic heterocycles. The Labute approximate surface area is 155 Å². The number of rotatable bonds is 9. The molecule has 0 heterocycles. The molecule has 2 N–H and O–H groups in total. The number of halogens is 1. The molecule has 25 heavy (non-hydrogen) atoms. The van der Waals surface area contributed by atoms with E-state index in [4.69, 9.17) is 14.2 Å². The number of anilines is 1. The fourth-order valence-corrected chi connectivity index (χ4v) is 2.55. The third-order valence-corrected chi connectivity index (χ3v) is 4.00. The Hall–Kier alpha value is -2.25. The first-order valence-corrected chi connectivity index (χ1v) is 8.56. The molecule has 2 rings (SSSR count). The average molecular weight is 409 g/mol. The van der Waals surface area contributed by atoms with E-state index in [0.717, 1.165) is 15.7 Å². The van der Waals surface area contributed by atoms with E-state index in [9.17, 15) is 4.79 Å². The van der Waals surface area contributed by atoms with Gasteiger partial charge in [-0.1, -0.05) is 34.1 Å². The first-order chi connectivity index (χ1) is 12.1. The Morgan fingerprint density at radius 3 is 2.56 bits per heavy atom. The highest BCUT2D eigenvalue weighted by Gasteiger charge is 2.10. The zero-order valence-corrected chi connectivity index (χ0v) is 15.8. The van der Waals surface area contributed by atoms with Gasteiger partial charge in [0.25, 0.3) is 0 Å². The van der Waals surface area contributed by atoms with Crippen LogP contribution in [0.15, 0.2) is 46.9 Å². The quantitative estimate of drug-likeness (QED) is 0.375. The van der Waals surface area contributed by atoms with Crippen LogP contribution in [0.3, 0.4) is 0 Å². The molecule has 0 fully saturated rings. The molecule has 0 bridgehead atoms. The summed E-state index contributed by atoms with van der Waals surface area (Å²) < 4.78 is 16.7. The zero-order chi connectivity index (χ0) is 18.1. The fraction of sp³-hybridized carbons (Fsp3) is 0.278. The molecule has 0 aliphatic carbocycles. The number of hydrogen-bond acceptors (Lipinski definition) is 6. The van der Waals surface area contributed by atoms with Crippen LogP contribution in [0, 0.1) is 0 Å². The van der Waals surface area contributed by atoms with Crippen LogP contribution in [-0.2, 0) is 16.1 Å². The monoisotopic (exact) mass is 408 g/mol. The van der Waals surface area contributed by atoms with E-state index in [1.54, 1.807) is 7.11 Å². The molecule has 6 nitrogen and oxygen atoms in total. The molecule has 0 amide bonds. The first-order valence-electron chi connectivity index (χ1n) is 7.76. The van der Waals surface area contributed by atoms with E-state index >= 15 is 0 Å². The van der Waals surface area contributed by atoms with E-state index in [2.05, 4.69) is 26.8 Å². The molecule has 2 aromatic carbocycles. The maximum Gasteiger partial charge on any atom is 0.302 e. The minimum Gasteiger partial charge on any atom is -0.493 e. The van der Waals surface area contributed by atoms with Crippen LogP contribution < -0.4 is 20.3 Å². The zero-order valence-electron chi connectivity index (χ0n) is 14.2. The maximum atomic E-state index is 10.8. The van der Waals surface area contributed by atoms with Gasteiger partial charge in [-0.25, -0.2) is 5.43 Å². The number of para-hydroxylation sites is 1. The molecular formula is C18H21BrN2O4. The number of methoxy groups -OCH3 is 1.